The van der Waals surface area contributed by atoms with Crippen LogP contribution in [-0.2, 0) is 15.1 Å². The number of hydrogen-bond acceptors (Lipinski definition) is 5. The van der Waals surface area contributed by atoms with Gasteiger partial charge in [0.1, 0.15) is 5.54 Å². The molecule has 0 atom stereocenters. The van der Waals surface area contributed by atoms with Crippen LogP contribution in [-0.4, -0.2) is 33.0 Å². The molecule has 0 fully saturated rings. The largest absolute Gasteiger partial charge is 0.481 e. The van der Waals surface area contributed by atoms with Gasteiger partial charge in [-0.05, 0) is 13.8 Å². The third-order valence-electron chi connectivity index (χ3n) is 2.89. The first-order valence-corrected chi connectivity index (χ1v) is 6.04. The van der Waals surface area contributed by atoms with Crippen molar-refractivity contribution < 1.29 is 19.6 Å². The van der Waals surface area contributed by atoms with E-state index in [1.165, 1.54) is 13.8 Å². The van der Waals surface area contributed by atoms with Crippen LogP contribution in [0.1, 0.15) is 20.3 Å². The van der Waals surface area contributed by atoms with E-state index in [0.29, 0.717) is 0 Å². The summed E-state index contributed by atoms with van der Waals surface area (Å²) in [5, 5.41) is 21.6. The predicted molar refractivity (Wildman–Crippen MR) is 71.9 cm³/mol. The Morgan fingerprint density at radius 1 is 1.43 bits per heavy atom. The molecule has 1 heterocycles. The van der Waals surface area contributed by atoms with E-state index in [0.717, 1.165) is 22.9 Å². The molecule has 0 aromatic carbocycles. The third kappa shape index (κ3) is 3.88. The monoisotopic (exact) mass is 297 g/mol. The molecular weight excluding hydrogens is 282 g/mol. The Labute approximate surface area is 119 Å². The highest BCUT2D eigenvalue weighted by atomic mass is 16.6. The van der Waals surface area contributed by atoms with Gasteiger partial charge in [0, 0.05) is 18.7 Å². The first kappa shape index (κ1) is 16.3. The zero-order chi connectivity index (χ0) is 16.2. The number of pyridine rings is 1. The highest BCUT2D eigenvalue weighted by Gasteiger charge is 2.31. The van der Waals surface area contributed by atoms with Crippen LogP contribution < -0.4 is 10.9 Å². The van der Waals surface area contributed by atoms with Gasteiger partial charge < -0.3 is 10.4 Å². The molecule has 0 saturated heterocycles. The number of nitro groups is 1. The molecule has 1 aromatic rings. The lowest BCUT2D eigenvalue weighted by atomic mass is 10.0. The molecule has 9 heteroatoms. The molecule has 0 bridgehead atoms. The van der Waals surface area contributed by atoms with Gasteiger partial charge in [-0.25, -0.2) is 0 Å². The van der Waals surface area contributed by atoms with Crippen LogP contribution in [0.2, 0.25) is 0 Å². The van der Waals surface area contributed by atoms with Crippen LogP contribution >= 0.6 is 0 Å². The molecule has 1 rings (SSSR count). The highest BCUT2D eigenvalue weighted by Crippen LogP contribution is 2.16. The van der Waals surface area contributed by atoms with Gasteiger partial charge >= 0.3 is 5.97 Å². The normalized spacial score (nSPS) is 11.0. The molecule has 1 amide bonds. The van der Waals surface area contributed by atoms with Crippen LogP contribution in [0.4, 0.5) is 5.69 Å². The molecule has 0 saturated carbocycles. The number of carbonyl (C=O) groups is 2. The maximum Gasteiger partial charge on any atom is 0.305 e. The molecule has 0 aliphatic heterocycles. The Hall–Kier alpha value is -2.71. The average molecular weight is 297 g/mol. The summed E-state index contributed by atoms with van der Waals surface area (Å²) < 4.78 is 0.946. The van der Waals surface area contributed by atoms with Crippen molar-refractivity contribution in [2.45, 2.75) is 25.8 Å². The first-order valence-electron chi connectivity index (χ1n) is 6.04. The summed E-state index contributed by atoms with van der Waals surface area (Å²) in [6.45, 7) is 2.73. The predicted octanol–water partition coefficient (Wildman–Crippen LogP) is 0.0825. The van der Waals surface area contributed by atoms with E-state index >= 15 is 0 Å². The maximum atomic E-state index is 12.0. The van der Waals surface area contributed by atoms with Crippen LogP contribution in [0, 0.1) is 10.1 Å². The van der Waals surface area contributed by atoms with E-state index in [1.54, 1.807) is 0 Å². The van der Waals surface area contributed by atoms with Crippen molar-refractivity contribution in [3.8, 4) is 0 Å². The molecule has 21 heavy (non-hydrogen) atoms. The lowest BCUT2D eigenvalue weighted by molar-refractivity contribution is -0.385. The quantitative estimate of drug-likeness (QED) is 0.564. The smallest absolute Gasteiger partial charge is 0.305 e. The second kappa shape index (κ2) is 6.16. The number of nitrogens with zero attached hydrogens (tertiary/aromatic N) is 2. The summed E-state index contributed by atoms with van der Waals surface area (Å²) in [5.41, 5.74) is -2.28. The number of amides is 1. The van der Waals surface area contributed by atoms with Crippen molar-refractivity contribution in [2.24, 2.45) is 0 Å². The van der Waals surface area contributed by atoms with E-state index in [4.69, 9.17) is 5.11 Å². The van der Waals surface area contributed by atoms with E-state index in [-0.39, 0.29) is 18.7 Å². The fourth-order valence-corrected chi connectivity index (χ4v) is 1.63. The second-order valence-electron chi connectivity index (χ2n) is 4.81. The molecule has 0 spiro atoms. The molecule has 1 aromatic heterocycles. The Morgan fingerprint density at radius 3 is 2.57 bits per heavy atom. The van der Waals surface area contributed by atoms with Crippen LogP contribution in [0.3, 0.4) is 0 Å². The van der Waals surface area contributed by atoms with Crippen LogP contribution in [0.25, 0.3) is 0 Å². The van der Waals surface area contributed by atoms with Crippen molar-refractivity contribution in [1.29, 1.82) is 0 Å². The van der Waals surface area contributed by atoms with Gasteiger partial charge in [-0.2, -0.15) is 0 Å². The number of nitrogens with one attached hydrogen (secondary N) is 1. The summed E-state index contributed by atoms with van der Waals surface area (Å²) >= 11 is 0. The SMILES string of the molecule is CC(C)(C(=O)NCCC(=O)O)n1cc([N+](=O)[O-])ccc1=O. The third-order valence-corrected chi connectivity index (χ3v) is 2.89. The fourth-order valence-electron chi connectivity index (χ4n) is 1.63. The molecule has 9 nitrogen and oxygen atoms in total. The molecule has 114 valence electrons. The summed E-state index contributed by atoms with van der Waals surface area (Å²) in [6.07, 6.45) is 0.727. The number of carboxylic acids is 1. The number of aliphatic carboxylic acids is 1. The Balaban J connectivity index is 3.03. The highest BCUT2D eigenvalue weighted by molar-refractivity contribution is 5.84. The average Bonchev–Trinajstić information content (AvgIpc) is 2.37. The fraction of sp³-hybridized carbons (Fsp3) is 0.417. The second-order valence-corrected chi connectivity index (χ2v) is 4.81. The summed E-state index contributed by atoms with van der Waals surface area (Å²) in [6, 6.07) is 2.06. The van der Waals surface area contributed by atoms with Gasteiger partial charge in [0.25, 0.3) is 11.2 Å². The van der Waals surface area contributed by atoms with Crippen LogP contribution in [0.5, 0.6) is 0 Å². The minimum Gasteiger partial charge on any atom is -0.481 e. The van der Waals surface area contributed by atoms with Gasteiger partial charge in [-0.3, -0.25) is 29.1 Å². The molecule has 0 unspecified atom stereocenters. The van der Waals surface area contributed by atoms with Crippen molar-refractivity contribution in [2.75, 3.05) is 6.54 Å². The number of aromatic nitrogens is 1. The lowest BCUT2D eigenvalue weighted by Crippen LogP contribution is -2.48. The summed E-state index contributed by atoms with van der Waals surface area (Å²) in [4.78, 5) is 44.3. The van der Waals surface area contributed by atoms with Gasteiger partial charge in [-0.1, -0.05) is 0 Å². The Morgan fingerprint density at radius 2 is 2.05 bits per heavy atom. The first-order chi connectivity index (χ1) is 9.66. The number of hydrogen-bond donors (Lipinski definition) is 2. The van der Waals surface area contributed by atoms with E-state index in [9.17, 15) is 24.5 Å². The number of carboxylic acid groups (broad SMARTS) is 1. The van der Waals surface area contributed by atoms with E-state index in [1.807, 2.05) is 0 Å². The van der Waals surface area contributed by atoms with E-state index < -0.39 is 27.9 Å². The van der Waals surface area contributed by atoms with Gasteiger partial charge in [0.05, 0.1) is 17.5 Å². The molecule has 0 aliphatic carbocycles. The molecule has 0 aliphatic rings. The van der Waals surface area contributed by atoms with E-state index in [2.05, 4.69) is 5.32 Å². The van der Waals surface area contributed by atoms with Crippen molar-refractivity contribution >= 4 is 17.6 Å². The van der Waals surface area contributed by atoms with Crippen LogP contribution in [0.15, 0.2) is 23.1 Å². The molecule has 0 radical (unpaired) electrons. The van der Waals surface area contributed by atoms with Crippen molar-refractivity contribution in [1.82, 2.24) is 9.88 Å². The van der Waals surface area contributed by atoms with Gasteiger partial charge in [0.2, 0.25) is 5.91 Å². The molecular formula is C12H15N3O6. The summed E-state index contributed by atoms with van der Waals surface area (Å²) in [5.74, 6) is -1.67. The van der Waals surface area contributed by atoms with Gasteiger partial charge in [0.15, 0.2) is 0 Å². The summed E-state index contributed by atoms with van der Waals surface area (Å²) in [7, 11) is 0. The zero-order valence-electron chi connectivity index (χ0n) is 11.5. The minimum atomic E-state index is -1.39. The topological polar surface area (TPSA) is 132 Å². The maximum absolute atomic E-state index is 12.0. The van der Waals surface area contributed by atoms with Crippen molar-refractivity contribution in [3.05, 3.63) is 38.8 Å². The zero-order valence-corrected chi connectivity index (χ0v) is 11.5. The number of carbonyl (C=O) groups excluding carboxylic acids is 1. The van der Waals surface area contributed by atoms with Crippen molar-refractivity contribution in [3.63, 3.8) is 0 Å². The standard InChI is InChI=1S/C12H15N3O6/c1-12(2,11(19)13-6-5-10(17)18)14-7-8(15(20)21)3-4-9(14)16/h3-4,7H,5-6H2,1-2H3,(H,13,19)(H,17,18). The Kier molecular flexibility index (Phi) is 4.79. The Bertz CT molecular complexity index is 634. The molecule has 2 N–H and O–H groups in total. The lowest BCUT2D eigenvalue weighted by Gasteiger charge is -2.25. The van der Waals surface area contributed by atoms with Gasteiger partial charge in [-0.15, -0.1) is 0 Å². The number of rotatable bonds is 6. The minimum absolute atomic E-state index is 0.0960.